The van der Waals surface area contributed by atoms with Crippen LogP contribution >= 0.6 is 11.8 Å². The van der Waals surface area contributed by atoms with Crippen LogP contribution in [0.3, 0.4) is 0 Å². The molecule has 0 aromatic carbocycles. The number of aromatic nitrogens is 3. The van der Waals surface area contributed by atoms with Crippen molar-refractivity contribution in [3.63, 3.8) is 0 Å². The molecule has 0 amide bonds. The Morgan fingerprint density at radius 1 is 1.27 bits per heavy atom. The number of pyridine rings is 2. The number of nitrogens with two attached hydrogens (primary N) is 1. The van der Waals surface area contributed by atoms with Crippen LogP contribution < -0.4 is 10.6 Å². The van der Waals surface area contributed by atoms with Crippen molar-refractivity contribution >= 4 is 34.9 Å². The van der Waals surface area contributed by atoms with Gasteiger partial charge in [-0.15, -0.1) is 0 Å². The third kappa shape index (κ3) is 4.87. The number of hydrogen-bond acceptors (Lipinski definition) is 8. The Morgan fingerprint density at radius 3 is 2.73 bits per heavy atom. The zero-order valence-electron chi connectivity index (χ0n) is 19.0. The highest BCUT2D eigenvalue weighted by Gasteiger charge is 2.19. The van der Waals surface area contributed by atoms with E-state index in [2.05, 4.69) is 44.3 Å². The predicted molar refractivity (Wildman–Crippen MR) is 137 cm³/mol. The van der Waals surface area contributed by atoms with E-state index >= 15 is 0 Å². The highest BCUT2D eigenvalue weighted by Crippen LogP contribution is 2.30. The van der Waals surface area contributed by atoms with Crippen LogP contribution in [0, 0.1) is 11.3 Å². The zero-order valence-corrected chi connectivity index (χ0v) is 19.8. The lowest BCUT2D eigenvalue weighted by molar-refractivity contribution is 0.273. The third-order valence-corrected chi connectivity index (χ3v) is 6.47. The van der Waals surface area contributed by atoms with Gasteiger partial charge in [-0.2, -0.15) is 22.1 Å². The van der Waals surface area contributed by atoms with Gasteiger partial charge in [0.25, 0.3) is 0 Å². The molecule has 1 aliphatic rings. The van der Waals surface area contributed by atoms with Gasteiger partial charge in [0.1, 0.15) is 11.9 Å². The zero-order chi connectivity index (χ0) is 23.2. The number of aliphatic imine (C=N–C) groups is 1. The molecule has 4 heterocycles. The number of rotatable bonds is 7. The first kappa shape index (κ1) is 22.8. The van der Waals surface area contributed by atoms with Gasteiger partial charge in [-0.05, 0) is 24.5 Å². The Kier molecular flexibility index (Phi) is 7.27. The smallest absolute Gasteiger partial charge is 0.128 e. The van der Waals surface area contributed by atoms with Gasteiger partial charge in [0, 0.05) is 92.6 Å². The number of hydrogen-bond donors (Lipinski definition) is 1. The summed E-state index contributed by atoms with van der Waals surface area (Å²) in [6.07, 6.45) is 10.7. The molecule has 0 spiro atoms. The molecule has 1 fully saturated rings. The molecule has 9 heteroatoms. The topological polar surface area (TPSA) is 98.8 Å². The minimum Gasteiger partial charge on any atom is -0.404 e. The first-order valence-electron chi connectivity index (χ1n) is 10.9. The van der Waals surface area contributed by atoms with Crippen molar-refractivity contribution in [2.24, 2.45) is 10.7 Å². The summed E-state index contributed by atoms with van der Waals surface area (Å²) in [6, 6.07) is 8.39. The summed E-state index contributed by atoms with van der Waals surface area (Å²) in [4.78, 5) is 13.7. The van der Waals surface area contributed by atoms with Crippen LogP contribution in [0.5, 0.6) is 0 Å². The standard InChI is InChI=1S/C24H28N8S/c1-27-14-20(12-25)19-11-22(24-21(13-26)16-29-32(24)17-19)18-3-4-23(28-15-18)31-7-5-30(6-8-31)9-10-33-2/h3-4,11-12,14-17H,5-10,25H2,1-2H3. The molecule has 0 bridgehead atoms. The second-order valence-corrected chi connectivity index (χ2v) is 8.83. The van der Waals surface area contributed by atoms with Gasteiger partial charge in [0.2, 0.25) is 0 Å². The molecule has 3 aromatic rings. The van der Waals surface area contributed by atoms with Crippen molar-refractivity contribution in [1.29, 1.82) is 5.26 Å². The summed E-state index contributed by atoms with van der Waals surface area (Å²) in [5.74, 6) is 2.15. The van der Waals surface area contributed by atoms with E-state index in [9.17, 15) is 5.26 Å². The largest absolute Gasteiger partial charge is 0.404 e. The fraction of sp³-hybridized carbons (Fsp3) is 0.333. The molecular weight excluding hydrogens is 432 g/mol. The lowest BCUT2D eigenvalue weighted by atomic mass is 10.0. The van der Waals surface area contributed by atoms with Gasteiger partial charge >= 0.3 is 0 Å². The van der Waals surface area contributed by atoms with E-state index in [1.807, 2.05) is 30.2 Å². The normalized spacial score (nSPS) is 15.4. The van der Waals surface area contributed by atoms with Gasteiger partial charge in [-0.25, -0.2) is 9.50 Å². The molecule has 0 radical (unpaired) electrons. The summed E-state index contributed by atoms with van der Waals surface area (Å²) in [5.41, 5.74) is 10.6. The van der Waals surface area contributed by atoms with Crippen LogP contribution in [0.1, 0.15) is 11.1 Å². The summed E-state index contributed by atoms with van der Waals surface area (Å²) in [5, 5.41) is 14.0. The number of anilines is 1. The molecule has 0 aliphatic carbocycles. The summed E-state index contributed by atoms with van der Waals surface area (Å²) in [6.45, 7) is 5.20. The predicted octanol–water partition coefficient (Wildman–Crippen LogP) is 2.75. The fourth-order valence-electron chi connectivity index (χ4n) is 4.09. The second kappa shape index (κ2) is 10.5. The average molecular weight is 461 g/mol. The number of nitriles is 1. The number of fused-ring (bicyclic) bond motifs is 1. The van der Waals surface area contributed by atoms with Crippen molar-refractivity contribution in [1.82, 2.24) is 19.5 Å². The van der Waals surface area contributed by atoms with Gasteiger partial charge < -0.3 is 10.6 Å². The monoisotopic (exact) mass is 460 g/mol. The van der Waals surface area contributed by atoms with Crippen LogP contribution in [-0.2, 0) is 0 Å². The molecule has 2 N–H and O–H groups in total. The third-order valence-electron chi connectivity index (χ3n) is 5.88. The molecule has 3 aromatic heterocycles. The van der Waals surface area contributed by atoms with E-state index in [1.54, 1.807) is 24.0 Å². The maximum absolute atomic E-state index is 9.61. The molecule has 8 nitrogen and oxygen atoms in total. The molecule has 1 aliphatic heterocycles. The van der Waals surface area contributed by atoms with Crippen molar-refractivity contribution in [3.05, 3.63) is 54.1 Å². The number of nitrogens with zero attached hydrogens (tertiary/aromatic N) is 7. The molecule has 4 rings (SSSR count). The van der Waals surface area contributed by atoms with Gasteiger partial charge in [-0.1, -0.05) is 0 Å². The van der Waals surface area contributed by atoms with Crippen LogP contribution in [0.15, 0.2) is 48.0 Å². The van der Waals surface area contributed by atoms with Crippen molar-refractivity contribution in [2.45, 2.75) is 0 Å². The SMILES string of the molecule is CN=CC(=CN)c1cc(-c2ccc(N3CCN(CCSC)CC3)nc2)c2c(C#N)cnn2c1. The molecule has 0 atom stereocenters. The van der Waals surface area contributed by atoms with Crippen molar-refractivity contribution < 1.29 is 0 Å². The van der Waals surface area contributed by atoms with Gasteiger partial charge in [-0.3, -0.25) is 9.89 Å². The molecule has 0 unspecified atom stereocenters. The summed E-state index contributed by atoms with van der Waals surface area (Å²) >= 11 is 1.89. The Balaban J connectivity index is 1.65. The second-order valence-electron chi connectivity index (χ2n) is 7.84. The van der Waals surface area contributed by atoms with E-state index in [0.29, 0.717) is 5.56 Å². The van der Waals surface area contributed by atoms with Gasteiger partial charge in [0.05, 0.1) is 17.3 Å². The minimum atomic E-state index is 0.518. The van der Waals surface area contributed by atoms with Gasteiger partial charge in [0.15, 0.2) is 0 Å². The lowest BCUT2D eigenvalue weighted by Crippen LogP contribution is -2.47. The molecule has 1 saturated heterocycles. The number of piperazine rings is 1. The van der Waals surface area contributed by atoms with Crippen LogP contribution in [0.4, 0.5) is 5.82 Å². The fourth-order valence-corrected chi connectivity index (χ4v) is 4.53. The number of allylic oxidation sites excluding steroid dienone is 1. The Bertz CT molecular complexity index is 1200. The Morgan fingerprint density at radius 2 is 2.09 bits per heavy atom. The minimum absolute atomic E-state index is 0.518. The highest BCUT2D eigenvalue weighted by atomic mass is 32.2. The van der Waals surface area contributed by atoms with Crippen LogP contribution in [0.2, 0.25) is 0 Å². The van der Waals surface area contributed by atoms with Crippen molar-refractivity contribution in [3.8, 4) is 17.2 Å². The maximum atomic E-state index is 9.61. The summed E-state index contributed by atoms with van der Waals surface area (Å²) in [7, 11) is 1.70. The lowest BCUT2D eigenvalue weighted by Gasteiger charge is -2.35. The maximum Gasteiger partial charge on any atom is 0.128 e. The Labute approximate surface area is 198 Å². The number of thioether (sulfide) groups is 1. The average Bonchev–Trinajstić information content (AvgIpc) is 3.29. The highest BCUT2D eigenvalue weighted by molar-refractivity contribution is 7.98. The first-order chi connectivity index (χ1) is 16.2. The van der Waals surface area contributed by atoms with E-state index < -0.39 is 0 Å². The van der Waals surface area contributed by atoms with E-state index in [-0.39, 0.29) is 0 Å². The molecule has 33 heavy (non-hydrogen) atoms. The molecule has 0 saturated carbocycles. The van der Waals surface area contributed by atoms with E-state index in [1.165, 1.54) is 12.0 Å². The quantitative estimate of drug-likeness (QED) is 0.541. The summed E-state index contributed by atoms with van der Waals surface area (Å²) < 4.78 is 1.72. The van der Waals surface area contributed by atoms with Crippen molar-refractivity contribution in [2.75, 3.05) is 56.7 Å². The van der Waals surface area contributed by atoms with Crippen LogP contribution in [0.25, 0.3) is 22.2 Å². The van der Waals surface area contributed by atoms with E-state index in [0.717, 1.165) is 66.3 Å². The van der Waals surface area contributed by atoms with Crippen LogP contribution in [-0.4, -0.2) is 77.5 Å². The first-order valence-corrected chi connectivity index (χ1v) is 12.3. The van der Waals surface area contributed by atoms with E-state index in [4.69, 9.17) is 10.7 Å². The molecule has 170 valence electrons. The molecular formula is C24H28N8S. The Hall–Kier alpha value is -3.35.